The van der Waals surface area contributed by atoms with Gasteiger partial charge in [0, 0.05) is 10.1 Å². The van der Waals surface area contributed by atoms with Crippen molar-refractivity contribution in [1.29, 1.82) is 0 Å². The van der Waals surface area contributed by atoms with Crippen molar-refractivity contribution in [2.24, 2.45) is 0 Å². The minimum Gasteiger partial charge on any atom is -0.466 e. The van der Waals surface area contributed by atoms with Gasteiger partial charge in [0.25, 0.3) is 0 Å². The van der Waals surface area contributed by atoms with Crippen LogP contribution in [0.5, 0.6) is 0 Å². The second-order valence-electron chi connectivity index (χ2n) is 1.95. The Morgan fingerprint density at radius 1 is 1.50 bits per heavy atom. The summed E-state index contributed by atoms with van der Waals surface area (Å²) in [4.78, 5) is 23.9. The largest absolute Gasteiger partial charge is 0.466 e. The first-order chi connectivity index (χ1) is 5.61. The summed E-state index contributed by atoms with van der Waals surface area (Å²) in [5, 5.41) is 0. The summed E-state index contributed by atoms with van der Waals surface area (Å²) < 4.78 is 15.7. The monoisotopic (exact) mass is 176 g/mol. The van der Waals surface area contributed by atoms with Gasteiger partial charge in [-0.1, -0.05) is 6.58 Å². The molecule has 0 atom stereocenters. The summed E-state index contributed by atoms with van der Waals surface area (Å²) in [6.45, 7) is 4.96. The lowest BCUT2D eigenvalue weighted by Crippen LogP contribution is -2.10. The van der Waals surface area contributed by atoms with Crippen molar-refractivity contribution >= 4 is 11.9 Å². The van der Waals surface area contributed by atoms with Crippen molar-refractivity contribution in [3.05, 3.63) is 12.2 Å². The van der Waals surface area contributed by atoms with Gasteiger partial charge < -0.3 is 4.74 Å². The van der Waals surface area contributed by atoms with Gasteiger partial charge in [0.15, 0.2) is 0 Å². The summed E-state index contributed by atoms with van der Waals surface area (Å²) in [6.07, 6.45) is -0.351. The molecule has 0 aliphatic heterocycles. The van der Waals surface area contributed by atoms with Crippen LogP contribution in [-0.4, -0.2) is 18.5 Å². The molecule has 68 valence electrons. The zero-order valence-corrected chi connectivity index (χ0v) is 6.63. The molecule has 0 aromatic carbocycles. The first kappa shape index (κ1) is 10.6. The molecule has 0 radical (unpaired) electrons. The topological polar surface area (TPSA) is 52.6 Å². The predicted molar refractivity (Wildman–Crippen MR) is 37.6 cm³/mol. The Bertz CT molecular complexity index is 200. The van der Waals surface area contributed by atoms with Crippen LogP contribution < -0.4 is 0 Å². The molecule has 0 saturated carbocycles. The molecule has 0 N–H and O–H groups in total. The maximum absolute atomic E-state index is 11.2. The molecule has 0 aromatic heterocycles. The minimum absolute atomic E-state index is 0.205. The van der Waals surface area contributed by atoms with Crippen LogP contribution in [0, 0.1) is 0 Å². The van der Waals surface area contributed by atoms with Crippen molar-refractivity contribution in [2.45, 2.75) is 13.3 Å². The fraction of sp³-hybridized carbons (Fsp3) is 0.429. The van der Waals surface area contributed by atoms with Crippen LogP contribution in [0.1, 0.15) is 13.3 Å². The van der Waals surface area contributed by atoms with Crippen LogP contribution >= 0.6 is 0 Å². The van der Waals surface area contributed by atoms with E-state index < -0.39 is 11.9 Å². The number of carbonyl (C=O) groups is 2. The number of carbonyl (C=O) groups excluding carboxylic acids is 2. The van der Waals surface area contributed by atoms with Crippen LogP contribution in [0.2, 0.25) is 0 Å². The van der Waals surface area contributed by atoms with E-state index in [2.05, 4.69) is 16.3 Å². The molecule has 4 nitrogen and oxygen atoms in total. The number of rotatable bonds is 4. The van der Waals surface area contributed by atoms with Gasteiger partial charge in [-0.15, -0.1) is 0 Å². The predicted octanol–water partition coefficient (Wildman–Crippen LogP) is 0.923. The lowest BCUT2D eigenvalue weighted by atomic mass is 10.2. The molecule has 0 spiro atoms. The maximum Gasteiger partial charge on any atom is 0.375 e. The Hall–Kier alpha value is -1.39. The fourth-order valence-electron chi connectivity index (χ4n) is 0.513. The number of esters is 1. The third-order valence-corrected chi connectivity index (χ3v) is 1.02. The van der Waals surface area contributed by atoms with E-state index in [1.807, 2.05) is 0 Å². The highest BCUT2D eigenvalue weighted by Gasteiger charge is 2.13. The summed E-state index contributed by atoms with van der Waals surface area (Å²) in [6, 6.07) is 0. The van der Waals surface area contributed by atoms with Crippen molar-refractivity contribution < 1.29 is 23.8 Å². The molecule has 0 rings (SSSR count). The molecule has 0 aromatic rings. The lowest BCUT2D eigenvalue weighted by Gasteiger charge is -2.00. The SMILES string of the molecule is C=C(CC(=O)OCC)C(=O)OF. The van der Waals surface area contributed by atoms with Crippen molar-refractivity contribution in [3.63, 3.8) is 0 Å². The second kappa shape index (κ2) is 5.29. The van der Waals surface area contributed by atoms with Crippen LogP contribution in [0.3, 0.4) is 0 Å². The number of hydrogen-bond acceptors (Lipinski definition) is 4. The van der Waals surface area contributed by atoms with Gasteiger partial charge in [-0.2, -0.15) is 0 Å². The van der Waals surface area contributed by atoms with Gasteiger partial charge in [-0.3, -0.25) is 4.79 Å². The number of halogens is 1. The molecule has 0 aliphatic rings. The van der Waals surface area contributed by atoms with Gasteiger partial charge in [-0.05, 0) is 6.92 Å². The van der Waals surface area contributed by atoms with E-state index in [-0.39, 0.29) is 18.6 Å². The molecule has 0 amide bonds. The summed E-state index contributed by atoms with van der Waals surface area (Å²) >= 11 is 0. The highest BCUT2D eigenvalue weighted by Crippen LogP contribution is 2.02. The molecule has 0 heterocycles. The fourth-order valence-corrected chi connectivity index (χ4v) is 0.513. The van der Waals surface area contributed by atoms with E-state index in [0.29, 0.717) is 0 Å². The highest BCUT2D eigenvalue weighted by atomic mass is 19.3. The van der Waals surface area contributed by atoms with E-state index in [9.17, 15) is 14.1 Å². The van der Waals surface area contributed by atoms with Crippen LogP contribution in [0.25, 0.3) is 0 Å². The molecule has 0 saturated heterocycles. The summed E-state index contributed by atoms with van der Waals surface area (Å²) in [7, 11) is 0. The normalized spacial score (nSPS) is 8.83. The van der Waals surface area contributed by atoms with Crippen molar-refractivity contribution in [3.8, 4) is 0 Å². The van der Waals surface area contributed by atoms with Crippen molar-refractivity contribution in [1.82, 2.24) is 0 Å². The van der Waals surface area contributed by atoms with E-state index in [1.54, 1.807) is 6.92 Å². The summed E-state index contributed by atoms with van der Waals surface area (Å²) in [5.74, 6) is -1.88. The zero-order chi connectivity index (χ0) is 9.56. The molecule has 12 heavy (non-hydrogen) atoms. The second-order valence-corrected chi connectivity index (χ2v) is 1.95. The smallest absolute Gasteiger partial charge is 0.375 e. The number of ether oxygens (including phenoxy) is 1. The average Bonchev–Trinajstić information content (AvgIpc) is 2.03. The zero-order valence-electron chi connectivity index (χ0n) is 6.63. The molecule has 5 heteroatoms. The Labute approximate surface area is 68.9 Å². The Morgan fingerprint density at radius 3 is 2.50 bits per heavy atom. The van der Waals surface area contributed by atoms with Gasteiger partial charge in [-0.25, -0.2) is 9.74 Å². The third-order valence-electron chi connectivity index (χ3n) is 1.02. The quantitative estimate of drug-likeness (QED) is 0.472. The van der Waals surface area contributed by atoms with E-state index in [4.69, 9.17) is 0 Å². The minimum atomic E-state index is -1.25. The van der Waals surface area contributed by atoms with Gasteiger partial charge in [0.05, 0.1) is 13.0 Å². The molecular weight excluding hydrogens is 167 g/mol. The van der Waals surface area contributed by atoms with Crippen molar-refractivity contribution in [2.75, 3.05) is 6.61 Å². The van der Waals surface area contributed by atoms with Gasteiger partial charge in [0.1, 0.15) is 0 Å². The van der Waals surface area contributed by atoms with Crippen LogP contribution in [0.4, 0.5) is 4.53 Å². The van der Waals surface area contributed by atoms with Crippen LogP contribution in [0.15, 0.2) is 12.2 Å². The maximum atomic E-state index is 11.2. The molecule has 0 aliphatic carbocycles. The molecule has 0 bridgehead atoms. The molecular formula is C7H9FO4. The third kappa shape index (κ3) is 3.70. The average molecular weight is 176 g/mol. The lowest BCUT2D eigenvalue weighted by molar-refractivity contribution is -0.178. The molecule has 0 fully saturated rings. The van der Waals surface area contributed by atoms with Crippen LogP contribution in [-0.2, 0) is 19.3 Å². The van der Waals surface area contributed by atoms with Gasteiger partial charge >= 0.3 is 11.9 Å². The first-order valence-electron chi connectivity index (χ1n) is 3.28. The molecule has 0 unspecified atom stereocenters. The van der Waals surface area contributed by atoms with E-state index in [0.717, 1.165) is 0 Å². The van der Waals surface area contributed by atoms with E-state index >= 15 is 0 Å². The standard InChI is InChI=1S/C7H9FO4/c1-3-11-6(9)4-5(2)7(10)12-8/h2-4H2,1H3. The highest BCUT2D eigenvalue weighted by molar-refractivity contribution is 5.92. The Kier molecular flexibility index (Phi) is 4.67. The summed E-state index contributed by atoms with van der Waals surface area (Å²) in [5.41, 5.74) is -0.268. The first-order valence-corrected chi connectivity index (χ1v) is 3.28. The Morgan fingerprint density at radius 2 is 2.08 bits per heavy atom. The Balaban J connectivity index is 3.84. The van der Waals surface area contributed by atoms with E-state index in [1.165, 1.54) is 0 Å². The van der Waals surface area contributed by atoms with Gasteiger partial charge in [0.2, 0.25) is 0 Å². The number of hydrogen-bond donors (Lipinski definition) is 0.